The van der Waals surface area contributed by atoms with E-state index in [9.17, 15) is 13.5 Å². The molecule has 0 atom stereocenters. The smallest absolute Gasteiger partial charge is 0.240 e. The van der Waals surface area contributed by atoms with Gasteiger partial charge in [0.25, 0.3) is 0 Å². The van der Waals surface area contributed by atoms with E-state index in [4.69, 9.17) is 0 Å². The van der Waals surface area contributed by atoms with Gasteiger partial charge < -0.3 is 5.11 Å². The number of benzene rings is 1. The normalized spacial score (nSPS) is 16.2. The highest BCUT2D eigenvalue weighted by atomic mass is 32.2. The van der Waals surface area contributed by atoms with Crippen molar-refractivity contribution in [2.24, 2.45) is 5.92 Å². The number of aromatic hydroxyl groups is 1. The number of phenolic OH excluding ortho intramolecular Hbond substituents is 1. The minimum Gasteiger partial charge on any atom is -0.508 e. The Hall–Kier alpha value is -1.07. The van der Waals surface area contributed by atoms with Gasteiger partial charge in [-0.2, -0.15) is 0 Å². The van der Waals surface area contributed by atoms with Crippen LogP contribution in [-0.4, -0.2) is 20.1 Å². The molecule has 2 N–H and O–H groups in total. The fourth-order valence-electron chi connectivity index (χ4n) is 1.54. The lowest BCUT2D eigenvalue weighted by Crippen LogP contribution is -2.25. The number of hydrogen-bond acceptors (Lipinski definition) is 3. The van der Waals surface area contributed by atoms with Gasteiger partial charge in [0.05, 0.1) is 4.90 Å². The van der Waals surface area contributed by atoms with E-state index < -0.39 is 10.0 Å². The van der Waals surface area contributed by atoms with E-state index in [1.807, 2.05) is 0 Å². The zero-order valence-electron chi connectivity index (χ0n) is 8.89. The molecule has 4 nitrogen and oxygen atoms in total. The molecular weight excluding hydrogens is 226 g/mol. The second-order valence-electron chi connectivity index (χ2n) is 4.13. The summed E-state index contributed by atoms with van der Waals surface area (Å²) in [7, 11) is -3.46. The SMILES string of the molecule is O=S(=O)(NCCC1CC1)c1cccc(O)c1. The minimum atomic E-state index is -3.46. The highest BCUT2D eigenvalue weighted by molar-refractivity contribution is 7.89. The number of nitrogens with one attached hydrogen (secondary N) is 1. The summed E-state index contributed by atoms with van der Waals surface area (Å²) < 4.78 is 26.1. The Labute approximate surface area is 95.4 Å². The summed E-state index contributed by atoms with van der Waals surface area (Å²) in [5.74, 6) is 0.664. The van der Waals surface area contributed by atoms with E-state index >= 15 is 0 Å². The Kier molecular flexibility index (Phi) is 3.16. The molecule has 5 heteroatoms. The summed E-state index contributed by atoms with van der Waals surface area (Å²) >= 11 is 0. The van der Waals surface area contributed by atoms with Gasteiger partial charge in [0.15, 0.2) is 0 Å². The molecule has 88 valence electrons. The van der Waals surface area contributed by atoms with E-state index in [0.29, 0.717) is 12.5 Å². The number of rotatable bonds is 5. The van der Waals surface area contributed by atoms with Crippen molar-refractivity contribution in [1.82, 2.24) is 4.72 Å². The molecule has 2 rings (SSSR count). The average molecular weight is 241 g/mol. The first-order valence-electron chi connectivity index (χ1n) is 5.36. The van der Waals surface area contributed by atoms with Crippen LogP contribution in [-0.2, 0) is 10.0 Å². The largest absolute Gasteiger partial charge is 0.508 e. The molecule has 1 aliphatic rings. The Morgan fingerprint density at radius 1 is 1.38 bits per heavy atom. The summed E-state index contributed by atoms with van der Waals surface area (Å²) in [5, 5.41) is 9.21. The lowest BCUT2D eigenvalue weighted by atomic mass is 10.3. The summed E-state index contributed by atoms with van der Waals surface area (Å²) in [6, 6.07) is 5.69. The topological polar surface area (TPSA) is 66.4 Å². The van der Waals surface area contributed by atoms with Gasteiger partial charge in [-0.3, -0.25) is 0 Å². The van der Waals surface area contributed by atoms with Gasteiger partial charge in [-0.1, -0.05) is 18.9 Å². The zero-order valence-corrected chi connectivity index (χ0v) is 9.70. The van der Waals surface area contributed by atoms with Crippen molar-refractivity contribution in [3.63, 3.8) is 0 Å². The predicted molar refractivity (Wildman–Crippen MR) is 60.6 cm³/mol. The Balaban J connectivity index is 1.99. The minimum absolute atomic E-state index is 0.0370. The van der Waals surface area contributed by atoms with E-state index in [2.05, 4.69) is 4.72 Å². The molecule has 0 saturated heterocycles. The lowest BCUT2D eigenvalue weighted by Gasteiger charge is -2.06. The maximum Gasteiger partial charge on any atom is 0.240 e. The zero-order chi connectivity index (χ0) is 11.6. The molecule has 1 fully saturated rings. The fraction of sp³-hybridized carbons (Fsp3) is 0.455. The van der Waals surface area contributed by atoms with E-state index in [-0.39, 0.29) is 10.6 Å². The molecule has 1 aliphatic carbocycles. The van der Waals surface area contributed by atoms with E-state index in [0.717, 1.165) is 6.42 Å². The van der Waals surface area contributed by atoms with Crippen molar-refractivity contribution < 1.29 is 13.5 Å². The van der Waals surface area contributed by atoms with Crippen molar-refractivity contribution >= 4 is 10.0 Å². The summed E-state index contributed by atoms with van der Waals surface area (Å²) in [4.78, 5) is 0.114. The Morgan fingerprint density at radius 3 is 2.75 bits per heavy atom. The molecule has 1 aromatic rings. The van der Waals surface area contributed by atoms with Gasteiger partial charge in [-0.05, 0) is 30.5 Å². The van der Waals surface area contributed by atoms with Crippen molar-refractivity contribution in [3.8, 4) is 5.75 Å². The summed E-state index contributed by atoms with van der Waals surface area (Å²) in [5.41, 5.74) is 0. The van der Waals surface area contributed by atoms with Gasteiger partial charge in [0, 0.05) is 6.54 Å². The molecular formula is C11H15NO3S. The van der Waals surface area contributed by atoms with Crippen LogP contribution in [0.15, 0.2) is 29.2 Å². The van der Waals surface area contributed by atoms with Crippen LogP contribution in [0.4, 0.5) is 0 Å². The molecule has 0 aliphatic heterocycles. The third-order valence-electron chi connectivity index (χ3n) is 2.67. The van der Waals surface area contributed by atoms with Gasteiger partial charge >= 0.3 is 0 Å². The molecule has 1 aromatic carbocycles. The third kappa shape index (κ3) is 2.96. The van der Waals surface area contributed by atoms with Crippen molar-refractivity contribution in [2.75, 3.05) is 6.54 Å². The Morgan fingerprint density at radius 2 is 2.12 bits per heavy atom. The fourth-order valence-corrected chi connectivity index (χ4v) is 2.62. The Bertz CT molecular complexity index is 466. The maximum atomic E-state index is 11.8. The molecule has 0 spiro atoms. The van der Waals surface area contributed by atoms with Crippen LogP contribution < -0.4 is 4.72 Å². The molecule has 1 saturated carbocycles. The van der Waals surface area contributed by atoms with Gasteiger partial charge in [-0.25, -0.2) is 13.1 Å². The third-order valence-corrected chi connectivity index (χ3v) is 4.13. The first kappa shape index (κ1) is 11.4. The van der Waals surface area contributed by atoms with E-state index in [1.54, 1.807) is 0 Å². The second kappa shape index (κ2) is 4.43. The molecule has 0 aromatic heterocycles. The number of sulfonamides is 1. The van der Waals surface area contributed by atoms with Crippen LogP contribution in [0.2, 0.25) is 0 Å². The monoisotopic (exact) mass is 241 g/mol. The van der Waals surface area contributed by atoms with Crippen LogP contribution in [0.5, 0.6) is 5.75 Å². The first-order chi connectivity index (χ1) is 7.58. The molecule has 0 unspecified atom stereocenters. The average Bonchev–Trinajstić information content (AvgIpc) is 3.01. The second-order valence-corrected chi connectivity index (χ2v) is 5.89. The lowest BCUT2D eigenvalue weighted by molar-refractivity contribution is 0.473. The summed E-state index contributed by atoms with van der Waals surface area (Å²) in [6.45, 7) is 0.475. The quantitative estimate of drug-likeness (QED) is 0.820. The van der Waals surface area contributed by atoms with Crippen molar-refractivity contribution in [3.05, 3.63) is 24.3 Å². The van der Waals surface area contributed by atoms with Crippen LogP contribution in [0.3, 0.4) is 0 Å². The summed E-state index contributed by atoms with van der Waals surface area (Å²) in [6.07, 6.45) is 3.33. The standard InChI is InChI=1S/C11H15NO3S/c13-10-2-1-3-11(8-10)16(14,15)12-7-6-9-4-5-9/h1-3,8-9,12-13H,4-7H2. The molecule has 0 amide bonds. The van der Waals surface area contributed by atoms with E-state index in [1.165, 1.54) is 37.1 Å². The van der Waals surface area contributed by atoms with Crippen LogP contribution in [0.25, 0.3) is 0 Å². The van der Waals surface area contributed by atoms with Crippen LogP contribution >= 0.6 is 0 Å². The van der Waals surface area contributed by atoms with Gasteiger partial charge in [0.1, 0.15) is 5.75 Å². The number of hydrogen-bond donors (Lipinski definition) is 2. The predicted octanol–water partition coefficient (Wildman–Crippen LogP) is 1.47. The first-order valence-corrected chi connectivity index (χ1v) is 6.85. The number of phenols is 1. The molecule has 0 heterocycles. The molecule has 0 bridgehead atoms. The molecule has 16 heavy (non-hydrogen) atoms. The highest BCUT2D eigenvalue weighted by Gasteiger charge is 2.22. The molecule has 0 radical (unpaired) electrons. The van der Waals surface area contributed by atoms with Crippen molar-refractivity contribution in [1.29, 1.82) is 0 Å². The van der Waals surface area contributed by atoms with Crippen molar-refractivity contribution in [2.45, 2.75) is 24.2 Å². The van der Waals surface area contributed by atoms with Gasteiger partial charge in [0.2, 0.25) is 10.0 Å². The maximum absolute atomic E-state index is 11.8. The van der Waals surface area contributed by atoms with Gasteiger partial charge in [-0.15, -0.1) is 0 Å². The highest BCUT2D eigenvalue weighted by Crippen LogP contribution is 2.31. The van der Waals surface area contributed by atoms with Crippen LogP contribution in [0, 0.1) is 5.92 Å². The van der Waals surface area contributed by atoms with Crippen LogP contribution in [0.1, 0.15) is 19.3 Å².